The molecule has 9 heteroatoms. The van der Waals surface area contributed by atoms with Crippen LogP contribution >= 0.6 is 0 Å². The summed E-state index contributed by atoms with van der Waals surface area (Å²) < 4.78 is 6.22. The number of amides is 1. The van der Waals surface area contributed by atoms with Crippen molar-refractivity contribution in [1.29, 1.82) is 0 Å². The fourth-order valence-electron chi connectivity index (χ4n) is 2.25. The van der Waals surface area contributed by atoms with E-state index in [0.717, 1.165) is 0 Å². The van der Waals surface area contributed by atoms with Gasteiger partial charge in [-0.15, -0.1) is 5.10 Å². The van der Waals surface area contributed by atoms with E-state index in [0.29, 0.717) is 24.0 Å². The molecule has 0 aliphatic carbocycles. The Morgan fingerprint density at radius 1 is 1.27 bits per heavy atom. The summed E-state index contributed by atoms with van der Waals surface area (Å²) in [5.41, 5.74) is 0.643. The van der Waals surface area contributed by atoms with Crippen molar-refractivity contribution in [2.75, 3.05) is 14.2 Å². The molecule has 0 fully saturated rings. The summed E-state index contributed by atoms with van der Waals surface area (Å²) in [6, 6.07) is 8.35. The summed E-state index contributed by atoms with van der Waals surface area (Å²) in [4.78, 5) is 26.5. The Morgan fingerprint density at radius 2 is 1.96 bits per heavy atom. The Morgan fingerprint density at radius 3 is 2.58 bits per heavy atom. The quantitative estimate of drug-likeness (QED) is 0.686. The molecule has 1 aromatic carbocycles. The van der Waals surface area contributed by atoms with Gasteiger partial charge in [0.15, 0.2) is 11.9 Å². The number of hydrogen-bond donors (Lipinski definition) is 1. The first-order chi connectivity index (χ1) is 12.4. The van der Waals surface area contributed by atoms with Crippen LogP contribution in [0.15, 0.2) is 30.3 Å². The number of carbonyl (C=O) groups excluding carboxylic acids is 2. The predicted molar refractivity (Wildman–Crippen MR) is 93.8 cm³/mol. The fourth-order valence-corrected chi connectivity index (χ4v) is 2.25. The van der Waals surface area contributed by atoms with Crippen molar-refractivity contribution in [2.24, 2.45) is 0 Å². The van der Waals surface area contributed by atoms with Crippen LogP contribution in [0, 0.1) is 0 Å². The number of tetrazole rings is 1. The first-order valence-corrected chi connectivity index (χ1v) is 8.29. The summed E-state index contributed by atoms with van der Waals surface area (Å²) in [7, 11) is 3.23. The van der Waals surface area contributed by atoms with Crippen molar-refractivity contribution in [3.63, 3.8) is 0 Å². The van der Waals surface area contributed by atoms with Gasteiger partial charge < -0.3 is 10.1 Å². The van der Waals surface area contributed by atoms with Gasteiger partial charge in [-0.25, -0.2) is 9.48 Å². The first-order valence-electron chi connectivity index (χ1n) is 8.29. The molecule has 1 atom stereocenters. The van der Waals surface area contributed by atoms with Crippen LogP contribution in [0.2, 0.25) is 0 Å². The number of aromatic nitrogens is 4. The van der Waals surface area contributed by atoms with Crippen molar-refractivity contribution < 1.29 is 14.3 Å². The predicted octanol–water partition coefficient (Wildman–Crippen LogP) is 0.544. The zero-order valence-electron chi connectivity index (χ0n) is 15.4. The second-order valence-electron chi connectivity index (χ2n) is 6.20. The molecule has 2 rings (SSSR count). The number of nitrogens with one attached hydrogen (secondary N) is 1. The molecule has 1 heterocycles. The molecule has 0 aliphatic heterocycles. The lowest BCUT2D eigenvalue weighted by atomic mass is 10.1. The van der Waals surface area contributed by atoms with Gasteiger partial charge in [0.1, 0.15) is 6.54 Å². The van der Waals surface area contributed by atoms with Gasteiger partial charge >= 0.3 is 5.97 Å². The van der Waals surface area contributed by atoms with E-state index in [9.17, 15) is 9.59 Å². The number of rotatable bonds is 8. The molecular formula is C17H24N6O3. The van der Waals surface area contributed by atoms with E-state index in [2.05, 4.69) is 39.6 Å². The highest BCUT2D eigenvalue weighted by atomic mass is 16.5. The van der Waals surface area contributed by atoms with E-state index in [4.69, 9.17) is 4.74 Å². The van der Waals surface area contributed by atoms with E-state index < -0.39 is 12.0 Å². The van der Waals surface area contributed by atoms with Crippen LogP contribution in [-0.2, 0) is 27.4 Å². The second kappa shape index (κ2) is 9.04. The summed E-state index contributed by atoms with van der Waals surface area (Å²) >= 11 is 0. The zero-order valence-corrected chi connectivity index (χ0v) is 15.4. The lowest BCUT2D eigenvalue weighted by Crippen LogP contribution is -2.37. The molecule has 0 radical (unpaired) electrons. The van der Waals surface area contributed by atoms with Gasteiger partial charge in [0.2, 0.25) is 5.91 Å². The standard InChI is InChI=1S/C17H24N6O3/c1-12(2)22(3)10-14-19-20-21-23(14)11-15(24)18-16(17(25)26-4)13-8-6-5-7-9-13/h5-9,12,16H,10-11H2,1-4H3,(H,18,24)/t16-/m0/s1. The maximum atomic E-state index is 12.4. The number of ether oxygens (including phenoxy) is 1. The minimum absolute atomic E-state index is 0.0887. The number of methoxy groups -OCH3 is 1. The number of carbonyl (C=O) groups is 2. The molecule has 0 unspecified atom stereocenters. The van der Waals surface area contributed by atoms with Gasteiger partial charge in [0.05, 0.1) is 13.7 Å². The zero-order chi connectivity index (χ0) is 19.1. The summed E-state index contributed by atoms with van der Waals surface area (Å²) in [6.45, 7) is 4.54. The molecule has 0 spiro atoms. The molecule has 1 N–H and O–H groups in total. The highest BCUT2D eigenvalue weighted by Crippen LogP contribution is 2.14. The first kappa shape index (κ1) is 19.5. The third kappa shape index (κ3) is 5.09. The van der Waals surface area contributed by atoms with Crippen molar-refractivity contribution in [1.82, 2.24) is 30.4 Å². The summed E-state index contributed by atoms with van der Waals surface area (Å²) in [5, 5.41) is 14.2. The van der Waals surface area contributed by atoms with Gasteiger partial charge in [0.25, 0.3) is 0 Å². The lowest BCUT2D eigenvalue weighted by Gasteiger charge is -2.20. The summed E-state index contributed by atoms with van der Waals surface area (Å²) in [5.74, 6) is -0.350. The third-order valence-electron chi connectivity index (χ3n) is 4.05. The molecule has 0 aliphatic rings. The van der Waals surface area contributed by atoms with Crippen LogP contribution in [-0.4, -0.2) is 57.2 Å². The van der Waals surface area contributed by atoms with Crippen molar-refractivity contribution in [3.05, 3.63) is 41.7 Å². The Labute approximate surface area is 152 Å². The molecule has 1 aromatic heterocycles. The largest absolute Gasteiger partial charge is 0.467 e. The number of benzene rings is 1. The fraction of sp³-hybridized carbons (Fsp3) is 0.471. The van der Waals surface area contributed by atoms with Gasteiger partial charge in [-0.05, 0) is 36.9 Å². The smallest absolute Gasteiger partial charge is 0.333 e. The van der Waals surface area contributed by atoms with E-state index in [1.54, 1.807) is 24.3 Å². The molecule has 0 saturated carbocycles. The van der Waals surface area contributed by atoms with Crippen LogP contribution in [0.25, 0.3) is 0 Å². The highest BCUT2D eigenvalue weighted by Gasteiger charge is 2.24. The Bertz CT molecular complexity index is 731. The molecular weight excluding hydrogens is 336 g/mol. The van der Waals surface area contributed by atoms with E-state index >= 15 is 0 Å². The van der Waals surface area contributed by atoms with Gasteiger partial charge in [-0.3, -0.25) is 9.69 Å². The van der Waals surface area contributed by atoms with Crippen LogP contribution in [0.1, 0.15) is 31.3 Å². The van der Waals surface area contributed by atoms with E-state index in [1.807, 2.05) is 13.1 Å². The Kier molecular flexibility index (Phi) is 6.79. The van der Waals surface area contributed by atoms with Gasteiger partial charge in [-0.2, -0.15) is 0 Å². The lowest BCUT2D eigenvalue weighted by molar-refractivity contribution is -0.145. The Hall–Kier alpha value is -2.81. The van der Waals surface area contributed by atoms with Crippen LogP contribution in [0.5, 0.6) is 0 Å². The molecule has 140 valence electrons. The minimum Gasteiger partial charge on any atom is -0.467 e. The third-order valence-corrected chi connectivity index (χ3v) is 4.05. The normalized spacial score (nSPS) is 12.2. The van der Waals surface area contributed by atoms with Crippen LogP contribution in [0.4, 0.5) is 0 Å². The average Bonchev–Trinajstić information content (AvgIpc) is 3.06. The van der Waals surface area contributed by atoms with Gasteiger partial charge in [0, 0.05) is 6.04 Å². The van der Waals surface area contributed by atoms with E-state index in [1.165, 1.54) is 11.8 Å². The number of hydrogen-bond acceptors (Lipinski definition) is 7. The molecule has 9 nitrogen and oxygen atoms in total. The average molecular weight is 360 g/mol. The Balaban J connectivity index is 2.07. The second-order valence-corrected chi connectivity index (χ2v) is 6.20. The van der Waals surface area contributed by atoms with E-state index in [-0.39, 0.29) is 12.5 Å². The monoisotopic (exact) mass is 360 g/mol. The van der Waals surface area contributed by atoms with Crippen molar-refractivity contribution in [2.45, 2.75) is 39.0 Å². The minimum atomic E-state index is -0.882. The van der Waals surface area contributed by atoms with Gasteiger partial charge in [-0.1, -0.05) is 30.3 Å². The highest BCUT2D eigenvalue weighted by molar-refractivity contribution is 5.85. The molecule has 26 heavy (non-hydrogen) atoms. The maximum Gasteiger partial charge on any atom is 0.333 e. The topological polar surface area (TPSA) is 102 Å². The summed E-state index contributed by atoms with van der Waals surface area (Å²) in [6.07, 6.45) is 0. The van der Waals surface area contributed by atoms with Crippen LogP contribution < -0.4 is 5.32 Å². The number of esters is 1. The van der Waals surface area contributed by atoms with Crippen molar-refractivity contribution >= 4 is 11.9 Å². The molecule has 1 amide bonds. The molecule has 0 bridgehead atoms. The molecule has 2 aromatic rings. The number of nitrogens with zero attached hydrogens (tertiary/aromatic N) is 5. The maximum absolute atomic E-state index is 12.4. The SMILES string of the molecule is COC(=O)[C@@H](NC(=O)Cn1nnnc1CN(C)C(C)C)c1ccccc1. The van der Waals surface area contributed by atoms with Crippen molar-refractivity contribution in [3.8, 4) is 0 Å². The van der Waals surface area contributed by atoms with Crippen LogP contribution in [0.3, 0.4) is 0 Å². The molecule has 0 saturated heterocycles.